The maximum atomic E-state index is 12.4. The van der Waals surface area contributed by atoms with Crippen LogP contribution in [0, 0.1) is 5.92 Å². The van der Waals surface area contributed by atoms with Crippen molar-refractivity contribution >= 4 is 35.5 Å². The number of carbonyl (C=O) groups is 4. The highest BCUT2D eigenvalue weighted by Crippen LogP contribution is 2.07. The Kier molecular flexibility index (Phi) is 11.6. The van der Waals surface area contributed by atoms with Gasteiger partial charge in [0, 0.05) is 0 Å². The molecule has 0 saturated heterocycles. The van der Waals surface area contributed by atoms with E-state index in [0.29, 0.717) is 12.2 Å². The van der Waals surface area contributed by atoms with E-state index in [4.69, 9.17) is 5.73 Å². The Morgan fingerprint density at radius 3 is 2.20 bits per heavy atom. The zero-order chi connectivity index (χ0) is 19.4. The number of aliphatic carboxylic acids is 1. The third-order valence-electron chi connectivity index (χ3n) is 3.22. The Bertz CT molecular complexity index is 473. The molecular formula is C15H28N4O5S. The van der Waals surface area contributed by atoms with Gasteiger partial charge in [-0.25, -0.2) is 4.79 Å². The van der Waals surface area contributed by atoms with Crippen molar-refractivity contribution in [1.82, 2.24) is 16.0 Å². The van der Waals surface area contributed by atoms with Gasteiger partial charge in [-0.2, -0.15) is 11.8 Å². The fourth-order valence-electron chi connectivity index (χ4n) is 1.96. The molecule has 0 saturated carbocycles. The van der Waals surface area contributed by atoms with Crippen molar-refractivity contribution in [3.05, 3.63) is 0 Å². The lowest BCUT2D eigenvalue weighted by Gasteiger charge is -2.22. The SMILES string of the molecule is CSCCC(NC(=O)C(CC(C)C)NC(=O)CNC(=O)CN)C(=O)O. The minimum absolute atomic E-state index is 0.101. The Morgan fingerprint density at radius 1 is 1.08 bits per heavy atom. The fourth-order valence-corrected chi connectivity index (χ4v) is 2.44. The van der Waals surface area contributed by atoms with Gasteiger partial charge in [0.25, 0.3) is 0 Å². The van der Waals surface area contributed by atoms with Crippen LogP contribution in [-0.4, -0.2) is 66.0 Å². The molecule has 10 heteroatoms. The van der Waals surface area contributed by atoms with Crippen LogP contribution < -0.4 is 21.7 Å². The molecule has 9 nitrogen and oxygen atoms in total. The van der Waals surface area contributed by atoms with Crippen LogP contribution in [0.1, 0.15) is 26.7 Å². The number of carboxylic acids is 1. The summed E-state index contributed by atoms with van der Waals surface area (Å²) < 4.78 is 0. The summed E-state index contributed by atoms with van der Waals surface area (Å²) in [4.78, 5) is 46.6. The number of thioether (sulfide) groups is 1. The Morgan fingerprint density at radius 2 is 1.72 bits per heavy atom. The molecule has 0 aliphatic rings. The number of hydrogen-bond acceptors (Lipinski definition) is 6. The molecule has 2 unspecified atom stereocenters. The van der Waals surface area contributed by atoms with Crippen LogP contribution in [0.25, 0.3) is 0 Å². The van der Waals surface area contributed by atoms with Gasteiger partial charge >= 0.3 is 5.97 Å². The number of amides is 3. The predicted molar refractivity (Wildman–Crippen MR) is 96.0 cm³/mol. The Hall–Kier alpha value is -1.81. The van der Waals surface area contributed by atoms with E-state index in [-0.39, 0.29) is 25.4 Å². The van der Waals surface area contributed by atoms with Crippen LogP contribution in [-0.2, 0) is 19.2 Å². The molecule has 0 rings (SSSR count). The highest BCUT2D eigenvalue weighted by molar-refractivity contribution is 7.98. The molecule has 3 amide bonds. The lowest BCUT2D eigenvalue weighted by Crippen LogP contribution is -2.53. The zero-order valence-electron chi connectivity index (χ0n) is 14.8. The van der Waals surface area contributed by atoms with Crippen LogP contribution in [0.2, 0.25) is 0 Å². The minimum atomic E-state index is -1.12. The van der Waals surface area contributed by atoms with Gasteiger partial charge < -0.3 is 26.8 Å². The molecule has 144 valence electrons. The van der Waals surface area contributed by atoms with Crippen LogP contribution in [0.4, 0.5) is 0 Å². The highest BCUT2D eigenvalue weighted by atomic mass is 32.2. The minimum Gasteiger partial charge on any atom is -0.480 e. The molecule has 0 spiro atoms. The number of carbonyl (C=O) groups excluding carboxylic acids is 3. The van der Waals surface area contributed by atoms with Gasteiger partial charge in [0.05, 0.1) is 13.1 Å². The van der Waals surface area contributed by atoms with E-state index in [1.165, 1.54) is 11.8 Å². The van der Waals surface area contributed by atoms with Gasteiger partial charge in [0.15, 0.2) is 0 Å². The third kappa shape index (κ3) is 10.6. The van der Waals surface area contributed by atoms with Crippen molar-refractivity contribution in [2.24, 2.45) is 11.7 Å². The lowest BCUT2D eigenvalue weighted by atomic mass is 10.0. The van der Waals surface area contributed by atoms with E-state index in [1.807, 2.05) is 20.1 Å². The Balaban J connectivity index is 4.81. The first kappa shape index (κ1) is 23.2. The van der Waals surface area contributed by atoms with E-state index < -0.39 is 35.8 Å². The van der Waals surface area contributed by atoms with E-state index in [9.17, 15) is 24.3 Å². The molecule has 0 aliphatic heterocycles. The fraction of sp³-hybridized carbons (Fsp3) is 0.733. The van der Waals surface area contributed by atoms with Gasteiger partial charge in [0.1, 0.15) is 12.1 Å². The van der Waals surface area contributed by atoms with Crippen LogP contribution in [0.3, 0.4) is 0 Å². The van der Waals surface area contributed by atoms with Crippen molar-refractivity contribution in [3.63, 3.8) is 0 Å². The number of nitrogens with two attached hydrogens (primary N) is 1. The van der Waals surface area contributed by atoms with E-state index in [2.05, 4.69) is 16.0 Å². The van der Waals surface area contributed by atoms with E-state index >= 15 is 0 Å². The van der Waals surface area contributed by atoms with Crippen molar-refractivity contribution in [2.45, 2.75) is 38.8 Å². The van der Waals surface area contributed by atoms with Gasteiger partial charge in [-0.3, -0.25) is 14.4 Å². The summed E-state index contributed by atoms with van der Waals surface area (Å²) in [6, 6.07) is -1.89. The molecule has 0 fully saturated rings. The molecule has 0 aromatic carbocycles. The number of nitrogens with one attached hydrogen (secondary N) is 3. The molecule has 0 aromatic rings. The third-order valence-corrected chi connectivity index (χ3v) is 3.86. The normalized spacial score (nSPS) is 13.0. The molecule has 6 N–H and O–H groups in total. The molecule has 0 aliphatic carbocycles. The predicted octanol–water partition coefficient (Wildman–Crippen LogP) is -1.09. The van der Waals surface area contributed by atoms with Crippen molar-refractivity contribution < 1.29 is 24.3 Å². The lowest BCUT2D eigenvalue weighted by molar-refractivity contribution is -0.142. The second-order valence-corrected chi connectivity index (χ2v) is 6.90. The number of hydrogen-bond donors (Lipinski definition) is 5. The molecule has 0 aromatic heterocycles. The first-order chi connectivity index (χ1) is 11.7. The second kappa shape index (κ2) is 12.5. The first-order valence-corrected chi connectivity index (χ1v) is 9.38. The zero-order valence-corrected chi connectivity index (χ0v) is 15.6. The van der Waals surface area contributed by atoms with Crippen LogP contribution in [0.15, 0.2) is 0 Å². The molecule has 2 atom stereocenters. The maximum absolute atomic E-state index is 12.4. The smallest absolute Gasteiger partial charge is 0.326 e. The standard InChI is InChI=1S/C15H28N4O5S/c1-9(2)6-11(18-13(21)8-17-12(20)7-16)14(22)19-10(15(23)24)4-5-25-3/h9-11H,4-8,16H2,1-3H3,(H,17,20)(H,18,21)(H,19,22)(H,23,24). The summed E-state index contributed by atoms with van der Waals surface area (Å²) in [6.45, 7) is 3.22. The average molecular weight is 376 g/mol. The molecule has 0 bridgehead atoms. The van der Waals surface area contributed by atoms with E-state index in [1.54, 1.807) is 0 Å². The summed E-state index contributed by atoms with van der Waals surface area (Å²) >= 11 is 1.48. The summed E-state index contributed by atoms with van der Waals surface area (Å²) in [5.41, 5.74) is 5.13. The summed E-state index contributed by atoms with van der Waals surface area (Å²) in [5, 5.41) is 16.5. The van der Waals surface area contributed by atoms with Crippen LogP contribution in [0.5, 0.6) is 0 Å². The number of carboxylic acid groups (broad SMARTS) is 1. The van der Waals surface area contributed by atoms with Gasteiger partial charge in [-0.15, -0.1) is 0 Å². The topological polar surface area (TPSA) is 151 Å². The van der Waals surface area contributed by atoms with Crippen molar-refractivity contribution in [2.75, 3.05) is 25.1 Å². The average Bonchev–Trinajstić information content (AvgIpc) is 2.54. The molecule has 25 heavy (non-hydrogen) atoms. The first-order valence-electron chi connectivity index (χ1n) is 7.99. The van der Waals surface area contributed by atoms with E-state index in [0.717, 1.165) is 0 Å². The maximum Gasteiger partial charge on any atom is 0.326 e. The summed E-state index contributed by atoms with van der Waals surface area (Å²) in [7, 11) is 0. The summed E-state index contributed by atoms with van der Waals surface area (Å²) in [5.74, 6) is -2.01. The molecular weight excluding hydrogens is 348 g/mol. The largest absolute Gasteiger partial charge is 0.480 e. The monoisotopic (exact) mass is 376 g/mol. The quantitative estimate of drug-likeness (QED) is 0.290. The summed E-state index contributed by atoms with van der Waals surface area (Å²) in [6.07, 6.45) is 2.48. The van der Waals surface area contributed by atoms with Gasteiger partial charge in [-0.1, -0.05) is 13.8 Å². The number of rotatable bonds is 12. The van der Waals surface area contributed by atoms with Crippen molar-refractivity contribution in [1.29, 1.82) is 0 Å². The van der Waals surface area contributed by atoms with Gasteiger partial charge in [0.2, 0.25) is 17.7 Å². The second-order valence-electron chi connectivity index (χ2n) is 5.91. The molecule has 0 radical (unpaired) electrons. The van der Waals surface area contributed by atoms with Crippen LogP contribution >= 0.6 is 11.8 Å². The molecule has 0 heterocycles. The van der Waals surface area contributed by atoms with Gasteiger partial charge in [-0.05, 0) is 30.8 Å². The highest BCUT2D eigenvalue weighted by Gasteiger charge is 2.26. The van der Waals surface area contributed by atoms with Crippen molar-refractivity contribution in [3.8, 4) is 0 Å². The Labute approximate surface area is 151 Å².